The van der Waals surface area contributed by atoms with E-state index >= 15 is 0 Å². The van der Waals surface area contributed by atoms with Crippen LogP contribution in [0, 0.1) is 11.6 Å². The van der Waals surface area contributed by atoms with Crippen LogP contribution in [-0.2, 0) is 17.9 Å². The maximum absolute atomic E-state index is 14.3. The molecule has 1 aliphatic rings. The van der Waals surface area contributed by atoms with Crippen molar-refractivity contribution < 1.29 is 23.2 Å². The Balaban J connectivity index is 1.43. The van der Waals surface area contributed by atoms with Gasteiger partial charge in [0.1, 0.15) is 23.9 Å². The number of rotatable bonds is 6. The zero-order valence-electron chi connectivity index (χ0n) is 20.7. The minimum Gasteiger partial charge on any atom is -0.344 e. The van der Waals surface area contributed by atoms with Crippen molar-refractivity contribution in [3.8, 4) is 0 Å². The van der Waals surface area contributed by atoms with Gasteiger partial charge in [-0.1, -0.05) is 11.6 Å². The summed E-state index contributed by atoms with van der Waals surface area (Å²) in [5, 5.41) is 8.48. The van der Waals surface area contributed by atoms with E-state index in [1.807, 2.05) is 0 Å². The summed E-state index contributed by atoms with van der Waals surface area (Å²) in [4.78, 5) is 51.9. The summed E-state index contributed by atoms with van der Waals surface area (Å²) < 4.78 is 34.3. The third-order valence-corrected chi connectivity index (χ3v) is 7.46. The average molecular weight is 595 g/mol. The highest BCUT2D eigenvalue weighted by Crippen LogP contribution is 2.36. The number of hydrogen-bond acceptors (Lipinski definition) is 8. The lowest BCUT2D eigenvalue weighted by Gasteiger charge is -2.28. The van der Waals surface area contributed by atoms with Crippen molar-refractivity contribution in [2.45, 2.75) is 19.1 Å². The van der Waals surface area contributed by atoms with Gasteiger partial charge < -0.3 is 20.5 Å². The summed E-state index contributed by atoms with van der Waals surface area (Å²) in [5.41, 5.74) is 0.787. The Morgan fingerprint density at radius 2 is 1.93 bits per heavy atom. The summed E-state index contributed by atoms with van der Waals surface area (Å²) in [5.74, 6) is -3.34. The topological polar surface area (TPSA) is 144 Å². The highest BCUT2D eigenvalue weighted by molar-refractivity contribution is 7.13. The second kappa shape index (κ2) is 10.6. The molecule has 0 saturated heterocycles. The number of hydrogen-bond donors (Lipinski definition) is 3. The number of anilines is 1. The first-order valence-electron chi connectivity index (χ1n) is 12.0. The van der Waals surface area contributed by atoms with Gasteiger partial charge in [0, 0.05) is 28.4 Å². The van der Waals surface area contributed by atoms with Crippen molar-refractivity contribution in [2.75, 3.05) is 5.32 Å². The smallest absolute Gasteiger partial charge is 0.287 e. The molecular formula is C26H17ClF2N8O3S. The molecule has 2 aromatic carbocycles. The molecule has 1 unspecified atom stereocenters. The maximum atomic E-state index is 14.3. The molecule has 0 fully saturated rings. The van der Waals surface area contributed by atoms with Crippen LogP contribution in [0.3, 0.4) is 0 Å². The zero-order chi connectivity index (χ0) is 28.7. The molecule has 0 bridgehead atoms. The molecule has 3 N–H and O–H groups in total. The fourth-order valence-corrected chi connectivity index (χ4v) is 5.46. The molecule has 6 rings (SSSR count). The number of fused-ring (bicyclic) bond motifs is 2. The minimum absolute atomic E-state index is 0.0122. The number of carbonyl (C=O) groups is 3. The standard InChI is InChI=1S/C26H17ClF2N8O3S/c27-17-3-1-12(28)7-15(17)20-22-23(35-25(39)21-16-8-13(29)2-4-18(16)41-36-21)34-24(37(22)11-19(38)33-20)26(40)32-10-14-9-30-5-6-31-14/h1-9,20H,10-11H2,(H,32,40)(H,33,38)(H,35,39). The third kappa shape index (κ3) is 5.10. The molecule has 15 heteroatoms. The number of imidazole rings is 1. The third-order valence-electron chi connectivity index (χ3n) is 6.29. The molecule has 1 aliphatic heterocycles. The summed E-state index contributed by atoms with van der Waals surface area (Å²) in [6, 6.07) is 6.52. The molecule has 5 aromatic rings. The van der Waals surface area contributed by atoms with Crippen molar-refractivity contribution in [1.29, 1.82) is 0 Å². The fourth-order valence-electron chi connectivity index (χ4n) is 4.48. The molecule has 3 aromatic heterocycles. The highest BCUT2D eigenvalue weighted by Gasteiger charge is 2.36. The Bertz CT molecular complexity index is 1850. The highest BCUT2D eigenvalue weighted by atomic mass is 35.5. The van der Waals surface area contributed by atoms with E-state index in [1.165, 1.54) is 47.4 Å². The van der Waals surface area contributed by atoms with Crippen LogP contribution in [-0.4, -0.2) is 41.6 Å². The van der Waals surface area contributed by atoms with Gasteiger partial charge in [-0.15, -0.1) is 0 Å². The first-order chi connectivity index (χ1) is 19.8. The van der Waals surface area contributed by atoms with E-state index in [0.29, 0.717) is 15.8 Å². The van der Waals surface area contributed by atoms with Crippen molar-refractivity contribution >= 4 is 56.8 Å². The number of amides is 3. The van der Waals surface area contributed by atoms with Gasteiger partial charge in [-0.25, -0.2) is 13.8 Å². The molecule has 3 amide bonds. The zero-order valence-corrected chi connectivity index (χ0v) is 22.3. The monoisotopic (exact) mass is 594 g/mol. The first kappa shape index (κ1) is 26.4. The van der Waals surface area contributed by atoms with Crippen LogP contribution in [0.15, 0.2) is 55.0 Å². The first-order valence-corrected chi connectivity index (χ1v) is 13.2. The molecule has 11 nitrogen and oxygen atoms in total. The van der Waals surface area contributed by atoms with Gasteiger partial charge in [0.05, 0.1) is 34.9 Å². The van der Waals surface area contributed by atoms with E-state index in [4.69, 9.17) is 11.6 Å². The van der Waals surface area contributed by atoms with Gasteiger partial charge in [-0.3, -0.25) is 24.4 Å². The Morgan fingerprint density at radius 1 is 1.12 bits per heavy atom. The van der Waals surface area contributed by atoms with Gasteiger partial charge in [0.2, 0.25) is 11.7 Å². The second-order valence-electron chi connectivity index (χ2n) is 8.93. The fraction of sp³-hybridized carbons (Fsp3) is 0.115. The van der Waals surface area contributed by atoms with Crippen molar-refractivity contribution in [2.24, 2.45) is 0 Å². The van der Waals surface area contributed by atoms with Crippen LogP contribution in [0.25, 0.3) is 10.1 Å². The molecule has 0 saturated carbocycles. The van der Waals surface area contributed by atoms with Crippen LogP contribution >= 0.6 is 23.1 Å². The Hall–Kier alpha value is -4.82. The summed E-state index contributed by atoms with van der Waals surface area (Å²) >= 11 is 7.39. The Morgan fingerprint density at radius 3 is 2.73 bits per heavy atom. The van der Waals surface area contributed by atoms with E-state index in [9.17, 15) is 23.2 Å². The Labute approximate surface area is 238 Å². The van der Waals surface area contributed by atoms with E-state index in [-0.39, 0.29) is 46.7 Å². The van der Waals surface area contributed by atoms with E-state index < -0.39 is 35.4 Å². The second-order valence-corrected chi connectivity index (χ2v) is 10.1. The lowest BCUT2D eigenvalue weighted by Crippen LogP contribution is -2.41. The van der Waals surface area contributed by atoms with Gasteiger partial charge >= 0.3 is 0 Å². The minimum atomic E-state index is -1.08. The molecule has 1 atom stereocenters. The molecule has 4 heterocycles. The van der Waals surface area contributed by atoms with E-state index in [1.54, 1.807) is 0 Å². The number of carbonyl (C=O) groups excluding carboxylic acids is 3. The molecule has 0 aliphatic carbocycles. The summed E-state index contributed by atoms with van der Waals surface area (Å²) in [6.07, 6.45) is 4.43. The van der Waals surface area contributed by atoms with Gasteiger partial charge in [-0.05, 0) is 47.9 Å². The molecule has 0 spiro atoms. The largest absolute Gasteiger partial charge is 0.344 e. The average Bonchev–Trinajstić information content (AvgIpc) is 3.54. The Kier molecular flexibility index (Phi) is 6.85. The molecule has 41 heavy (non-hydrogen) atoms. The number of nitrogens with one attached hydrogen (secondary N) is 3. The van der Waals surface area contributed by atoms with E-state index in [0.717, 1.165) is 23.7 Å². The van der Waals surface area contributed by atoms with Crippen molar-refractivity contribution in [3.63, 3.8) is 0 Å². The molecular weight excluding hydrogens is 578 g/mol. The van der Waals surface area contributed by atoms with Crippen LogP contribution in [0.5, 0.6) is 0 Å². The van der Waals surface area contributed by atoms with E-state index in [2.05, 4.69) is 35.3 Å². The number of benzene rings is 2. The molecule has 0 radical (unpaired) electrons. The number of nitrogens with zero attached hydrogens (tertiary/aromatic N) is 5. The lowest BCUT2D eigenvalue weighted by atomic mass is 10.0. The maximum Gasteiger partial charge on any atom is 0.287 e. The predicted octanol–water partition coefficient (Wildman–Crippen LogP) is 3.62. The van der Waals surface area contributed by atoms with Crippen LogP contribution in [0.4, 0.5) is 14.6 Å². The summed E-state index contributed by atoms with van der Waals surface area (Å²) in [7, 11) is 0. The molecule has 206 valence electrons. The van der Waals surface area contributed by atoms with Crippen LogP contribution in [0.2, 0.25) is 5.02 Å². The predicted molar refractivity (Wildman–Crippen MR) is 144 cm³/mol. The SMILES string of the molecule is O=C1Cn2c(C(=O)NCc3cnccn3)nc(NC(=O)c3nsc4ccc(F)cc34)c2C(c2cc(F)ccc2Cl)N1. The van der Waals surface area contributed by atoms with Crippen molar-refractivity contribution in [3.05, 3.63) is 100 Å². The number of halogens is 3. The van der Waals surface area contributed by atoms with Crippen LogP contribution < -0.4 is 16.0 Å². The van der Waals surface area contributed by atoms with Gasteiger partial charge in [0.15, 0.2) is 5.82 Å². The van der Waals surface area contributed by atoms with Gasteiger partial charge in [-0.2, -0.15) is 4.37 Å². The normalized spacial score (nSPS) is 14.4. The number of aromatic nitrogens is 5. The summed E-state index contributed by atoms with van der Waals surface area (Å²) in [6.45, 7) is -0.307. The lowest BCUT2D eigenvalue weighted by molar-refractivity contribution is -0.123. The van der Waals surface area contributed by atoms with Gasteiger partial charge in [0.25, 0.3) is 11.8 Å². The quantitative estimate of drug-likeness (QED) is 0.272. The van der Waals surface area contributed by atoms with Crippen LogP contribution in [0.1, 0.15) is 44.1 Å². The van der Waals surface area contributed by atoms with Crippen molar-refractivity contribution in [1.82, 2.24) is 34.5 Å².